The van der Waals surface area contributed by atoms with E-state index in [2.05, 4.69) is 0 Å². The van der Waals surface area contributed by atoms with E-state index in [0.29, 0.717) is 18.0 Å². The third-order valence-electron chi connectivity index (χ3n) is 2.51. The molecule has 0 unspecified atom stereocenters. The Morgan fingerprint density at radius 1 is 1.00 bits per heavy atom. The van der Waals surface area contributed by atoms with Gasteiger partial charge in [0.1, 0.15) is 17.2 Å². The Kier molecular flexibility index (Phi) is 4.58. The molecule has 3 nitrogen and oxygen atoms in total. The fourth-order valence-electron chi connectivity index (χ4n) is 1.68. The van der Waals surface area contributed by atoms with Crippen molar-refractivity contribution in [2.24, 2.45) is 0 Å². The third kappa shape index (κ3) is 3.83. The Bertz CT molecular complexity index is 540. The fourth-order valence-corrected chi connectivity index (χ4v) is 2.09. The number of nitrogen functional groups attached to an aromatic ring is 1. The molecule has 2 N–H and O–H groups in total. The van der Waals surface area contributed by atoms with Crippen molar-refractivity contribution >= 4 is 17.4 Å². The first kappa shape index (κ1) is 13.6. The Balaban J connectivity index is 2.17. The molecule has 0 aliphatic rings. The van der Waals surface area contributed by atoms with Crippen molar-refractivity contribution in [2.45, 2.75) is 11.8 Å². The number of thioether (sulfide) groups is 1. The predicted octanol–water partition coefficient (Wildman–Crippen LogP) is 4.18. The van der Waals surface area contributed by atoms with Crippen LogP contribution in [0.5, 0.6) is 17.2 Å². The Morgan fingerprint density at radius 2 is 1.68 bits per heavy atom. The van der Waals surface area contributed by atoms with Gasteiger partial charge in [-0.25, -0.2) is 0 Å². The first-order chi connectivity index (χ1) is 9.21. The molecule has 0 fully saturated rings. The van der Waals surface area contributed by atoms with Crippen molar-refractivity contribution in [3.8, 4) is 17.2 Å². The molecule has 4 heteroatoms. The highest BCUT2D eigenvalue weighted by molar-refractivity contribution is 7.98. The second kappa shape index (κ2) is 6.38. The molecule has 2 aromatic carbocycles. The summed E-state index contributed by atoms with van der Waals surface area (Å²) in [5, 5.41) is 0. The summed E-state index contributed by atoms with van der Waals surface area (Å²) in [5.41, 5.74) is 6.45. The Labute approximate surface area is 117 Å². The minimum absolute atomic E-state index is 0.602. The molecule has 0 heterocycles. The largest absolute Gasteiger partial charge is 0.494 e. The van der Waals surface area contributed by atoms with E-state index in [9.17, 15) is 0 Å². The number of benzene rings is 2. The summed E-state index contributed by atoms with van der Waals surface area (Å²) in [6.07, 6.45) is 2.04. The van der Waals surface area contributed by atoms with Crippen LogP contribution >= 0.6 is 11.8 Å². The molecular formula is C15H17NO2S. The fraction of sp³-hybridized carbons (Fsp3) is 0.200. The first-order valence-electron chi connectivity index (χ1n) is 6.06. The molecular weight excluding hydrogens is 258 g/mol. The highest BCUT2D eigenvalue weighted by atomic mass is 32.2. The predicted molar refractivity (Wildman–Crippen MR) is 80.3 cm³/mol. The molecule has 2 aromatic rings. The van der Waals surface area contributed by atoms with Crippen molar-refractivity contribution < 1.29 is 9.47 Å². The molecule has 0 atom stereocenters. The van der Waals surface area contributed by atoms with Crippen molar-refractivity contribution in [1.82, 2.24) is 0 Å². The lowest BCUT2D eigenvalue weighted by atomic mass is 10.3. The van der Waals surface area contributed by atoms with Gasteiger partial charge in [-0.2, -0.15) is 0 Å². The van der Waals surface area contributed by atoms with E-state index in [-0.39, 0.29) is 0 Å². The number of hydrogen-bond donors (Lipinski definition) is 1. The summed E-state index contributed by atoms with van der Waals surface area (Å²) in [7, 11) is 0. The van der Waals surface area contributed by atoms with Gasteiger partial charge in [0, 0.05) is 28.8 Å². The summed E-state index contributed by atoms with van der Waals surface area (Å²) >= 11 is 1.70. The molecule has 0 saturated carbocycles. The van der Waals surface area contributed by atoms with E-state index in [1.165, 1.54) is 4.90 Å². The van der Waals surface area contributed by atoms with E-state index < -0.39 is 0 Å². The van der Waals surface area contributed by atoms with Crippen molar-refractivity contribution in [2.75, 3.05) is 18.6 Å². The van der Waals surface area contributed by atoms with Gasteiger partial charge >= 0.3 is 0 Å². The van der Waals surface area contributed by atoms with Crippen LogP contribution in [0.3, 0.4) is 0 Å². The smallest absolute Gasteiger partial charge is 0.133 e. The molecule has 100 valence electrons. The summed E-state index contributed by atoms with van der Waals surface area (Å²) in [6, 6.07) is 13.3. The summed E-state index contributed by atoms with van der Waals surface area (Å²) in [5.74, 6) is 2.18. The lowest BCUT2D eigenvalue weighted by molar-refractivity contribution is 0.338. The van der Waals surface area contributed by atoms with Gasteiger partial charge in [0.2, 0.25) is 0 Å². The Morgan fingerprint density at radius 3 is 2.32 bits per heavy atom. The Hall–Kier alpha value is -1.81. The van der Waals surface area contributed by atoms with Crippen molar-refractivity contribution in [1.29, 1.82) is 0 Å². The average molecular weight is 275 g/mol. The minimum Gasteiger partial charge on any atom is -0.494 e. The molecule has 0 amide bonds. The summed E-state index contributed by atoms with van der Waals surface area (Å²) in [4.78, 5) is 1.20. The van der Waals surface area contributed by atoms with E-state index in [1.54, 1.807) is 23.9 Å². The van der Waals surface area contributed by atoms with Crippen LogP contribution in [0.2, 0.25) is 0 Å². The van der Waals surface area contributed by atoms with Crippen LogP contribution in [0.15, 0.2) is 47.4 Å². The quantitative estimate of drug-likeness (QED) is 0.656. The minimum atomic E-state index is 0.602. The zero-order valence-electron chi connectivity index (χ0n) is 11.1. The van der Waals surface area contributed by atoms with Gasteiger partial charge in [-0.15, -0.1) is 11.8 Å². The molecule has 2 rings (SSSR count). The van der Waals surface area contributed by atoms with Crippen LogP contribution in [0.25, 0.3) is 0 Å². The zero-order valence-corrected chi connectivity index (χ0v) is 11.9. The van der Waals surface area contributed by atoms with Crippen LogP contribution in [-0.2, 0) is 0 Å². The van der Waals surface area contributed by atoms with Crippen molar-refractivity contribution in [3.05, 3.63) is 42.5 Å². The average Bonchev–Trinajstić information content (AvgIpc) is 2.39. The molecule has 0 saturated heterocycles. The van der Waals surface area contributed by atoms with E-state index in [1.807, 2.05) is 43.5 Å². The monoisotopic (exact) mass is 275 g/mol. The van der Waals surface area contributed by atoms with Gasteiger partial charge in [0.15, 0.2) is 0 Å². The molecule has 0 aromatic heterocycles. The second-order valence-corrected chi connectivity index (χ2v) is 4.83. The standard InChI is InChI=1S/C15H17NO2S/c1-3-17-13-8-11(16)9-14(10-13)18-12-4-6-15(19-2)7-5-12/h4-10H,3,16H2,1-2H3. The van der Waals surface area contributed by atoms with Crippen molar-refractivity contribution in [3.63, 3.8) is 0 Å². The number of ether oxygens (including phenoxy) is 2. The number of rotatable bonds is 5. The molecule has 0 aliphatic heterocycles. The van der Waals surface area contributed by atoms with Crippen LogP contribution in [0, 0.1) is 0 Å². The van der Waals surface area contributed by atoms with Gasteiger partial charge in [-0.05, 0) is 37.4 Å². The second-order valence-electron chi connectivity index (χ2n) is 3.95. The lowest BCUT2D eigenvalue weighted by Crippen LogP contribution is -1.94. The SMILES string of the molecule is CCOc1cc(N)cc(Oc2ccc(SC)cc2)c1. The van der Waals surface area contributed by atoms with Gasteiger partial charge in [-0.1, -0.05) is 0 Å². The molecule has 19 heavy (non-hydrogen) atoms. The van der Waals surface area contributed by atoms with E-state index in [4.69, 9.17) is 15.2 Å². The number of anilines is 1. The van der Waals surface area contributed by atoms with Gasteiger partial charge in [-0.3, -0.25) is 0 Å². The summed E-state index contributed by atoms with van der Waals surface area (Å²) in [6.45, 7) is 2.54. The van der Waals surface area contributed by atoms with Gasteiger partial charge < -0.3 is 15.2 Å². The lowest BCUT2D eigenvalue weighted by Gasteiger charge is -2.10. The van der Waals surface area contributed by atoms with E-state index in [0.717, 1.165) is 11.5 Å². The normalized spacial score (nSPS) is 10.2. The molecule has 0 radical (unpaired) electrons. The first-order valence-corrected chi connectivity index (χ1v) is 7.29. The van der Waals surface area contributed by atoms with Crippen LogP contribution < -0.4 is 15.2 Å². The number of hydrogen-bond acceptors (Lipinski definition) is 4. The topological polar surface area (TPSA) is 44.5 Å². The maximum absolute atomic E-state index is 5.83. The van der Waals surface area contributed by atoms with Gasteiger partial charge in [0.05, 0.1) is 6.61 Å². The molecule has 0 aliphatic carbocycles. The zero-order chi connectivity index (χ0) is 13.7. The summed E-state index contributed by atoms with van der Waals surface area (Å²) < 4.78 is 11.2. The maximum atomic E-state index is 5.83. The molecule has 0 bridgehead atoms. The van der Waals surface area contributed by atoms with Gasteiger partial charge in [0.25, 0.3) is 0 Å². The van der Waals surface area contributed by atoms with Crippen LogP contribution in [0.4, 0.5) is 5.69 Å². The van der Waals surface area contributed by atoms with E-state index >= 15 is 0 Å². The maximum Gasteiger partial charge on any atom is 0.133 e. The highest BCUT2D eigenvalue weighted by Crippen LogP contribution is 2.29. The third-order valence-corrected chi connectivity index (χ3v) is 3.25. The van der Waals surface area contributed by atoms with Crippen LogP contribution in [-0.4, -0.2) is 12.9 Å². The molecule has 0 spiro atoms. The highest BCUT2D eigenvalue weighted by Gasteiger charge is 2.02. The number of nitrogens with two attached hydrogens (primary N) is 1. The van der Waals surface area contributed by atoms with Crippen LogP contribution in [0.1, 0.15) is 6.92 Å².